The fourth-order valence-corrected chi connectivity index (χ4v) is 9.50. The Morgan fingerprint density at radius 3 is 2.38 bits per heavy atom. The lowest BCUT2D eigenvalue weighted by Crippen LogP contribution is -2.58. The molecule has 2 aliphatic heterocycles. The minimum absolute atomic E-state index is 0.00284. The molecule has 4 aromatic rings. The van der Waals surface area contributed by atoms with Crippen molar-refractivity contribution >= 4 is 69.6 Å². The van der Waals surface area contributed by atoms with Crippen LogP contribution in [-0.2, 0) is 46.1 Å². The summed E-state index contributed by atoms with van der Waals surface area (Å²) in [4.78, 5) is 79.9. The normalized spacial score (nSPS) is 16.1. The van der Waals surface area contributed by atoms with E-state index in [0.29, 0.717) is 37.3 Å². The fourth-order valence-electron chi connectivity index (χ4n) is 8.18. The molecule has 2 aromatic carbocycles. The van der Waals surface area contributed by atoms with E-state index in [1.165, 1.54) is 42.0 Å². The highest BCUT2D eigenvalue weighted by atomic mass is 32.1. The molecule has 23 heteroatoms. The molecule has 0 bridgehead atoms. The number of halogens is 4. The molecule has 0 saturated carbocycles. The number of methoxy groups -OCH3 is 1. The zero-order valence-corrected chi connectivity index (χ0v) is 42.2. The Kier molecular flexibility index (Phi) is 17.4. The molecular formula is C49H54F4N8O9S2. The number of nitrogens with one attached hydrogen (secondary N) is 2. The van der Waals surface area contributed by atoms with Gasteiger partial charge >= 0.3 is 12.1 Å². The molecule has 2 aromatic heterocycles. The monoisotopic (exact) mass is 1040 g/mol. The molecule has 0 unspecified atom stereocenters. The summed E-state index contributed by atoms with van der Waals surface area (Å²) in [6.07, 6.45) is -2.61. The maximum atomic E-state index is 15.5. The molecule has 0 radical (unpaired) electrons. The summed E-state index contributed by atoms with van der Waals surface area (Å²) in [5.41, 5.74) is -1.40. The molecule has 2 aliphatic rings. The average molecular weight is 1040 g/mol. The number of nitrogens with zero attached hydrogens (tertiary/aromatic N) is 6. The van der Waals surface area contributed by atoms with Gasteiger partial charge in [0, 0.05) is 26.1 Å². The number of aryl methyl sites for hydroxylation is 1. The second-order valence-electron chi connectivity index (χ2n) is 18.4. The van der Waals surface area contributed by atoms with E-state index in [4.69, 9.17) is 31.2 Å². The number of alkyl halides is 3. The van der Waals surface area contributed by atoms with Crippen LogP contribution < -0.4 is 25.2 Å². The smallest absolute Gasteiger partial charge is 0.420 e. The number of ether oxygens (including phenoxy) is 4. The van der Waals surface area contributed by atoms with Gasteiger partial charge in [0.15, 0.2) is 10.9 Å². The number of benzene rings is 2. The maximum Gasteiger partial charge on any atom is 0.420 e. The van der Waals surface area contributed by atoms with Gasteiger partial charge in [0.1, 0.15) is 35.4 Å². The lowest BCUT2D eigenvalue weighted by atomic mass is 9.85. The summed E-state index contributed by atoms with van der Waals surface area (Å²) in [5, 5.41) is 14.5. The standard InChI is InChI=1S/C49H54F4N8O9S2/c1-28-39(72-27-57-28)30-13-11-29(12-14-30)24-55-41(63)35-10-8-17-59(35)43(64)40(47(2,3)4)58-36(62)26-69-21-20-68-18-9-19-70-42-33(44(65)67-7)22-32(25-56-42)61-46(71)60(45(66)48(61,5)6)34-16-15-31(23-54)37(38(34)50)49(51,52)53/h11-16,22,25,27,35,40H,8-10,17-21,24,26H2,1-7H3,(H,55,63)(H,58,62)/t35-,40+/m0/s1. The third kappa shape index (κ3) is 12.2. The lowest BCUT2D eigenvalue weighted by Gasteiger charge is -2.35. The van der Waals surface area contributed by atoms with Crippen LogP contribution in [0.1, 0.15) is 86.6 Å². The Morgan fingerprint density at radius 1 is 1.03 bits per heavy atom. The number of anilines is 2. The van der Waals surface area contributed by atoms with Gasteiger partial charge in [0.05, 0.1) is 72.2 Å². The number of thiazole rings is 1. The zero-order valence-electron chi connectivity index (χ0n) is 40.6. The predicted molar refractivity (Wildman–Crippen MR) is 260 cm³/mol. The molecule has 17 nitrogen and oxygen atoms in total. The van der Waals surface area contributed by atoms with Gasteiger partial charge in [0.2, 0.25) is 23.6 Å². The van der Waals surface area contributed by atoms with E-state index in [-0.39, 0.29) is 62.0 Å². The minimum Gasteiger partial charge on any atom is -0.477 e. The van der Waals surface area contributed by atoms with Crippen molar-refractivity contribution in [1.29, 1.82) is 5.26 Å². The number of hydrogen-bond acceptors (Lipinski definition) is 14. The van der Waals surface area contributed by atoms with Gasteiger partial charge in [-0.15, -0.1) is 11.3 Å². The highest BCUT2D eigenvalue weighted by Crippen LogP contribution is 2.42. The molecule has 0 aliphatic carbocycles. The Hall–Kier alpha value is -6.61. The van der Waals surface area contributed by atoms with E-state index in [1.54, 1.807) is 16.8 Å². The van der Waals surface area contributed by atoms with E-state index in [2.05, 4.69) is 20.6 Å². The summed E-state index contributed by atoms with van der Waals surface area (Å²) in [6.45, 7) is 10.8. The summed E-state index contributed by atoms with van der Waals surface area (Å²) in [5.74, 6) is -4.94. The van der Waals surface area contributed by atoms with Crippen LogP contribution >= 0.6 is 23.6 Å². The van der Waals surface area contributed by atoms with Crippen molar-refractivity contribution in [2.75, 3.05) is 56.5 Å². The number of amides is 4. The lowest BCUT2D eigenvalue weighted by molar-refractivity contribution is -0.144. The molecule has 384 valence electrons. The first-order chi connectivity index (χ1) is 34.0. The first-order valence-electron chi connectivity index (χ1n) is 22.7. The molecule has 0 spiro atoms. The van der Waals surface area contributed by atoms with Crippen molar-refractivity contribution in [1.82, 2.24) is 25.5 Å². The van der Waals surface area contributed by atoms with Crippen molar-refractivity contribution in [2.24, 2.45) is 5.41 Å². The van der Waals surface area contributed by atoms with Gasteiger partial charge in [-0.05, 0) is 80.6 Å². The zero-order chi connectivity index (χ0) is 52.7. The number of hydrogen-bond donors (Lipinski definition) is 2. The number of esters is 1. The second kappa shape index (κ2) is 22.9. The number of thiocarbonyl (C=S) groups is 1. The third-order valence-electron chi connectivity index (χ3n) is 11.9. The van der Waals surface area contributed by atoms with E-state index < -0.39 is 74.7 Å². The fraction of sp³-hybridized carbons (Fsp3) is 0.449. The number of carbonyl (C=O) groups is 5. The van der Waals surface area contributed by atoms with Crippen molar-refractivity contribution < 1.29 is 60.5 Å². The van der Waals surface area contributed by atoms with Crippen LogP contribution in [0.15, 0.2) is 54.2 Å². The molecule has 4 heterocycles. The van der Waals surface area contributed by atoms with Crippen LogP contribution in [0.4, 0.5) is 28.9 Å². The van der Waals surface area contributed by atoms with Gasteiger partial charge < -0.3 is 39.4 Å². The van der Waals surface area contributed by atoms with Crippen molar-refractivity contribution in [3.05, 3.63) is 87.9 Å². The SMILES string of the molecule is COC(=O)c1cc(N2C(=S)N(c3ccc(C#N)c(C(F)(F)F)c3F)C(=O)C2(C)C)cnc1OCCCOCCOCC(=O)N[C@H](C(=O)N1CCC[C@H]1C(=O)NCc1ccc(-c2scnc2C)cc1)C(C)(C)C. The van der Waals surface area contributed by atoms with Gasteiger partial charge in [0.25, 0.3) is 5.91 Å². The van der Waals surface area contributed by atoms with Gasteiger partial charge in [-0.1, -0.05) is 45.0 Å². The molecular weight excluding hydrogens is 985 g/mol. The first kappa shape index (κ1) is 54.7. The van der Waals surface area contributed by atoms with Crippen LogP contribution in [0.2, 0.25) is 0 Å². The molecule has 2 saturated heterocycles. The van der Waals surface area contributed by atoms with E-state index in [1.807, 2.05) is 52.0 Å². The third-order valence-corrected chi connectivity index (χ3v) is 13.2. The predicted octanol–water partition coefficient (Wildman–Crippen LogP) is 6.89. The highest BCUT2D eigenvalue weighted by Gasteiger charge is 2.52. The molecule has 4 amide bonds. The molecule has 2 atom stereocenters. The van der Waals surface area contributed by atoms with Crippen LogP contribution in [0.5, 0.6) is 5.88 Å². The minimum atomic E-state index is -5.26. The molecule has 72 heavy (non-hydrogen) atoms. The highest BCUT2D eigenvalue weighted by molar-refractivity contribution is 7.81. The second-order valence-corrected chi connectivity index (χ2v) is 19.6. The number of carbonyl (C=O) groups excluding carboxylic acids is 5. The Morgan fingerprint density at radius 2 is 1.74 bits per heavy atom. The summed E-state index contributed by atoms with van der Waals surface area (Å²) < 4.78 is 78.8. The summed E-state index contributed by atoms with van der Waals surface area (Å²) in [6, 6.07) is 10.4. The van der Waals surface area contributed by atoms with Gasteiger partial charge in [-0.3, -0.25) is 24.1 Å². The number of likely N-dealkylation sites (tertiary alicyclic amines) is 1. The summed E-state index contributed by atoms with van der Waals surface area (Å²) in [7, 11) is 1.11. The van der Waals surface area contributed by atoms with Gasteiger partial charge in [-0.25, -0.2) is 19.2 Å². The molecule has 6 rings (SSSR count). The Bertz CT molecular complexity index is 2740. The van der Waals surface area contributed by atoms with Crippen LogP contribution in [-0.4, -0.2) is 114 Å². The number of rotatable bonds is 19. The summed E-state index contributed by atoms with van der Waals surface area (Å²) >= 11 is 7.06. The quantitative estimate of drug-likeness (QED) is 0.0425. The van der Waals surface area contributed by atoms with Crippen molar-refractivity contribution in [2.45, 2.75) is 91.1 Å². The topological polar surface area (TPSA) is 206 Å². The largest absolute Gasteiger partial charge is 0.477 e. The number of nitriles is 1. The Labute approximate surface area is 422 Å². The van der Waals surface area contributed by atoms with Crippen LogP contribution in [0, 0.1) is 29.5 Å². The van der Waals surface area contributed by atoms with E-state index >= 15 is 4.39 Å². The number of pyridine rings is 1. The average Bonchev–Trinajstić information content (AvgIpc) is 4.04. The van der Waals surface area contributed by atoms with Crippen molar-refractivity contribution in [3.63, 3.8) is 0 Å². The molecule has 2 N–H and O–H groups in total. The first-order valence-corrected chi connectivity index (χ1v) is 24.0. The maximum absolute atomic E-state index is 15.5. The Balaban J connectivity index is 0.952. The molecule has 2 fully saturated rings. The van der Waals surface area contributed by atoms with Crippen LogP contribution in [0.3, 0.4) is 0 Å². The van der Waals surface area contributed by atoms with E-state index in [9.17, 15) is 42.4 Å². The van der Waals surface area contributed by atoms with Gasteiger partial charge in [-0.2, -0.15) is 18.4 Å². The van der Waals surface area contributed by atoms with Crippen LogP contribution in [0.25, 0.3) is 10.4 Å². The van der Waals surface area contributed by atoms with Crippen molar-refractivity contribution in [3.8, 4) is 22.4 Å². The van der Waals surface area contributed by atoms with E-state index in [0.717, 1.165) is 40.9 Å². The number of aromatic nitrogens is 2.